The smallest absolute Gasteiger partial charge is 0.352 e. The minimum absolute atomic E-state index is 0.0545. The Hall–Kier alpha value is -2.77. The number of nitro groups is 1. The summed E-state index contributed by atoms with van der Waals surface area (Å²) in [7, 11) is 0. The monoisotopic (exact) mass is 277 g/mol. The highest BCUT2D eigenvalue weighted by molar-refractivity contribution is 5.67. The van der Waals surface area contributed by atoms with Crippen molar-refractivity contribution >= 4 is 17.3 Å². The van der Waals surface area contributed by atoms with Crippen molar-refractivity contribution in [3.05, 3.63) is 52.1 Å². The van der Waals surface area contributed by atoms with E-state index in [0.29, 0.717) is 13.0 Å². The van der Waals surface area contributed by atoms with Gasteiger partial charge in [-0.2, -0.15) is 0 Å². The molecule has 0 unspecified atom stereocenters. The molecule has 0 radical (unpaired) electrons. The standard InChI is InChI=1S/C12H12FN5O2/c13-9-3-1-2-8(6-9)4-5-15-12-10(18(19)20)11(14)16-7-17-12/h1-3,6-7H,4-5H2,(H3,14,15,16,17). The second-order valence-corrected chi connectivity index (χ2v) is 4.02. The van der Waals surface area contributed by atoms with Gasteiger partial charge in [-0.25, -0.2) is 14.4 Å². The molecular formula is C12H12FN5O2. The van der Waals surface area contributed by atoms with Gasteiger partial charge in [0.2, 0.25) is 11.6 Å². The molecule has 0 spiro atoms. The Morgan fingerprint density at radius 3 is 2.90 bits per heavy atom. The first-order chi connectivity index (χ1) is 9.58. The summed E-state index contributed by atoms with van der Waals surface area (Å²) in [5.74, 6) is -0.461. The molecule has 20 heavy (non-hydrogen) atoms. The first kappa shape index (κ1) is 13.7. The molecule has 8 heteroatoms. The third-order valence-corrected chi connectivity index (χ3v) is 2.63. The summed E-state index contributed by atoms with van der Waals surface area (Å²) in [6.07, 6.45) is 1.64. The maximum absolute atomic E-state index is 13.0. The Kier molecular flexibility index (Phi) is 4.04. The molecule has 0 aliphatic rings. The lowest BCUT2D eigenvalue weighted by Gasteiger charge is -2.06. The van der Waals surface area contributed by atoms with Crippen molar-refractivity contribution in [1.29, 1.82) is 0 Å². The molecular weight excluding hydrogens is 265 g/mol. The van der Waals surface area contributed by atoms with Gasteiger partial charge in [-0.05, 0) is 24.1 Å². The fraction of sp³-hybridized carbons (Fsp3) is 0.167. The van der Waals surface area contributed by atoms with Crippen molar-refractivity contribution in [1.82, 2.24) is 9.97 Å². The van der Waals surface area contributed by atoms with Crippen LogP contribution < -0.4 is 11.1 Å². The Morgan fingerprint density at radius 1 is 1.40 bits per heavy atom. The number of nitrogens with two attached hydrogens (primary N) is 1. The van der Waals surface area contributed by atoms with E-state index in [-0.39, 0.29) is 23.1 Å². The molecule has 0 bridgehead atoms. The van der Waals surface area contributed by atoms with Crippen LogP contribution in [0.3, 0.4) is 0 Å². The first-order valence-electron chi connectivity index (χ1n) is 5.81. The van der Waals surface area contributed by atoms with Gasteiger partial charge in [0.15, 0.2) is 0 Å². The molecule has 1 heterocycles. The fourth-order valence-corrected chi connectivity index (χ4v) is 1.72. The number of rotatable bonds is 5. The maximum Gasteiger partial charge on any atom is 0.352 e. The van der Waals surface area contributed by atoms with Crippen LogP contribution in [-0.2, 0) is 6.42 Å². The summed E-state index contributed by atoms with van der Waals surface area (Å²) in [4.78, 5) is 17.6. The summed E-state index contributed by atoms with van der Waals surface area (Å²) in [5.41, 5.74) is 5.87. The zero-order chi connectivity index (χ0) is 14.5. The van der Waals surface area contributed by atoms with Crippen LogP contribution in [0.5, 0.6) is 0 Å². The van der Waals surface area contributed by atoms with E-state index in [1.54, 1.807) is 12.1 Å². The number of benzene rings is 1. The number of anilines is 2. The minimum atomic E-state index is -0.639. The Balaban J connectivity index is 2.05. The SMILES string of the molecule is Nc1ncnc(NCCc2cccc(F)c2)c1[N+](=O)[O-]. The molecule has 0 atom stereocenters. The van der Waals surface area contributed by atoms with Crippen molar-refractivity contribution in [3.63, 3.8) is 0 Å². The Bertz CT molecular complexity index is 635. The summed E-state index contributed by atoms with van der Waals surface area (Å²) >= 11 is 0. The van der Waals surface area contributed by atoms with E-state index in [2.05, 4.69) is 15.3 Å². The number of nitrogens with zero attached hydrogens (tertiary/aromatic N) is 3. The summed E-state index contributed by atoms with van der Waals surface area (Å²) in [6, 6.07) is 6.14. The molecule has 2 aromatic rings. The van der Waals surface area contributed by atoms with Crippen molar-refractivity contribution in [2.45, 2.75) is 6.42 Å². The van der Waals surface area contributed by atoms with E-state index in [1.165, 1.54) is 12.1 Å². The summed E-state index contributed by atoms with van der Waals surface area (Å²) < 4.78 is 13.0. The van der Waals surface area contributed by atoms with Crippen LogP contribution in [-0.4, -0.2) is 21.4 Å². The average molecular weight is 277 g/mol. The quantitative estimate of drug-likeness (QED) is 0.637. The van der Waals surface area contributed by atoms with Crippen molar-refractivity contribution in [2.24, 2.45) is 0 Å². The largest absolute Gasteiger partial charge is 0.378 e. The lowest BCUT2D eigenvalue weighted by atomic mass is 10.1. The molecule has 7 nitrogen and oxygen atoms in total. The van der Waals surface area contributed by atoms with Gasteiger partial charge in [0.25, 0.3) is 0 Å². The number of nitrogens with one attached hydrogen (secondary N) is 1. The van der Waals surface area contributed by atoms with Crippen molar-refractivity contribution in [2.75, 3.05) is 17.6 Å². The van der Waals surface area contributed by atoms with Gasteiger partial charge in [-0.15, -0.1) is 0 Å². The third kappa shape index (κ3) is 3.16. The Morgan fingerprint density at radius 2 is 2.20 bits per heavy atom. The van der Waals surface area contributed by atoms with Crippen LogP contribution in [0.1, 0.15) is 5.56 Å². The van der Waals surface area contributed by atoms with Gasteiger partial charge < -0.3 is 11.1 Å². The summed E-state index contributed by atoms with van der Waals surface area (Å²) in [5, 5.41) is 13.7. The highest BCUT2D eigenvalue weighted by atomic mass is 19.1. The molecule has 0 fully saturated rings. The van der Waals surface area contributed by atoms with E-state index < -0.39 is 4.92 Å². The predicted molar refractivity (Wildman–Crippen MR) is 71.7 cm³/mol. The number of hydrogen-bond acceptors (Lipinski definition) is 6. The molecule has 104 valence electrons. The molecule has 0 saturated carbocycles. The van der Waals surface area contributed by atoms with Gasteiger partial charge in [-0.3, -0.25) is 10.1 Å². The average Bonchev–Trinajstić information content (AvgIpc) is 2.38. The number of halogens is 1. The Labute approximate surface area is 113 Å². The molecule has 0 aliphatic heterocycles. The molecule has 0 amide bonds. The zero-order valence-electron chi connectivity index (χ0n) is 10.4. The van der Waals surface area contributed by atoms with Crippen LogP contribution in [0.2, 0.25) is 0 Å². The van der Waals surface area contributed by atoms with Gasteiger partial charge in [0.05, 0.1) is 4.92 Å². The van der Waals surface area contributed by atoms with Gasteiger partial charge >= 0.3 is 5.69 Å². The second-order valence-electron chi connectivity index (χ2n) is 4.02. The lowest BCUT2D eigenvalue weighted by molar-refractivity contribution is -0.383. The number of nitrogen functional groups attached to an aromatic ring is 1. The van der Waals surface area contributed by atoms with Gasteiger partial charge in [-0.1, -0.05) is 12.1 Å². The molecule has 1 aromatic heterocycles. The lowest BCUT2D eigenvalue weighted by Crippen LogP contribution is -2.10. The summed E-state index contributed by atoms with van der Waals surface area (Å²) in [6.45, 7) is 0.362. The minimum Gasteiger partial charge on any atom is -0.378 e. The van der Waals surface area contributed by atoms with Gasteiger partial charge in [0, 0.05) is 6.54 Å². The second kappa shape index (κ2) is 5.91. The predicted octanol–water partition coefficient (Wildman–Crippen LogP) is 1.76. The van der Waals surface area contributed by atoms with E-state index in [4.69, 9.17) is 5.73 Å². The van der Waals surface area contributed by atoms with Crippen LogP contribution in [0.15, 0.2) is 30.6 Å². The van der Waals surface area contributed by atoms with Crippen molar-refractivity contribution < 1.29 is 9.31 Å². The maximum atomic E-state index is 13.0. The zero-order valence-corrected chi connectivity index (χ0v) is 10.4. The van der Waals surface area contributed by atoms with Crippen LogP contribution in [0, 0.1) is 15.9 Å². The topological polar surface area (TPSA) is 107 Å². The molecule has 0 saturated heterocycles. The van der Waals surface area contributed by atoms with Crippen LogP contribution >= 0.6 is 0 Å². The molecule has 1 aromatic carbocycles. The normalized spacial score (nSPS) is 10.2. The first-order valence-corrected chi connectivity index (χ1v) is 5.81. The highest BCUT2D eigenvalue weighted by Gasteiger charge is 2.20. The highest BCUT2D eigenvalue weighted by Crippen LogP contribution is 2.25. The third-order valence-electron chi connectivity index (χ3n) is 2.63. The van der Waals surface area contributed by atoms with Crippen LogP contribution in [0.25, 0.3) is 0 Å². The van der Waals surface area contributed by atoms with E-state index >= 15 is 0 Å². The van der Waals surface area contributed by atoms with E-state index in [0.717, 1.165) is 11.9 Å². The molecule has 2 rings (SSSR count). The fourth-order valence-electron chi connectivity index (χ4n) is 1.72. The van der Waals surface area contributed by atoms with E-state index in [1.807, 2.05) is 0 Å². The molecule has 0 aliphatic carbocycles. The van der Waals surface area contributed by atoms with Crippen LogP contribution in [0.4, 0.5) is 21.7 Å². The van der Waals surface area contributed by atoms with Gasteiger partial charge in [0.1, 0.15) is 12.1 Å². The number of hydrogen-bond donors (Lipinski definition) is 2. The van der Waals surface area contributed by atoms with E-state index in [9.17, 15) is 14.5 Å². The van der Waals surface area contributed by atoms with Crippen molar-refractivity contribution in [3.8, 4) is 0 Å². The molecule has 3 N–H and O–H groups in total. The number of aromatic nitrogens is 2.